The maximum absolute atomic E-state index is 10.9. The summed E-state index contributed by atoms with van der Waals surface area (Å²) in [6.45, 7) is 3.71. The maximum atomic E-state index is 10.9. The predicted molar refractivity (Wildman–Crippen MR) is 70.1 cm³/mol. The third-order valence-corrected chi connectivity index (χ3v) is 2.45. The van der Waals surface area contributed by atoms with Gasteiger partial charge in [-0.15, -0.1) is 12.4 Å². The molecule has 0 aliphatic heterocycles. The van der Waals surface area contributed by atoms with Gasteiger partial charge in [-0.1, -0.05) is 19.1 Å². The van der Waals surface area contributed by atoms with E-state index < -0.39 is 12.1 Å². The molecule has 0 bridgehead atoms. The van der Waals surface area contributed by atoms with Gasteiger partial charge in [0.15, 0.2) is 0 Å². The van der Waals surface area contributed by atoms with Gasteiger partial charge in [-0.25, -0.2) is 0 Å². The normalized spacial score (nSPS) is 13.6. The van der Waals surface area contributed by atoms with Crippen molar-refractivity contribution in [2.24, 2.45) is 5.73 Å². The first-order valence-electron chi connectivity index (χ1n) is 5.38. The van der Waals surface area contributed by atoms with E-state index in [1.807, 2.05) is 19.1 Å². The Morgan fingerprint density at radius 1 is 1.41 bits per heavy atom. The van der Waals surface area contributed by atoms with Crippen molar-refractivity contribution in [3.8, 4) is 0 Å². The van der Waals surface area contributed by atoms with Crippen LogP contribution in [0.15, 0.2) is 24.3 Å². The second-order valence-corrected chi connectivity index (χ2v) is 3.79. The maximum Gasteiger partial charge on any atom is 0.248 e. The molecule has 96 valence electrons. The Balaban J connectivity index is 0.00000256. The number of aliphatic hydroxyl groups excluding tert-OH is 1. The molecule has 0 aliphatic rings. The number of amides is 1. The van der Waals surface area contributed by atoms with E-state index in [1.165, 1.54) is 0 Å². The summed E-state index contributed by atoms with van der Waals surface area (Å²) in [5.41, 5.74) is 6.69. The molecule has 0 aromatic heterocycles. The minimum atomic E-state index is -0.555. The van der Waals surface area contributed by atoms with Crippen molar-refractivity contribution in [1.82, 2.24) is 5.32 Å². The van der Waals surface area contributed by atoms with E-state index in [0.717, 1.165) is 12.0 Å². The van der Waals surface area contributed by atoms with E-state index in [2.05, 4.69) is 5.32 Å². The van der Waals surface area contributed by atoms with E-state index in [9.17, 15) is 9.90 Å². The van der Waals surface area contributed by atoms with Gasteiger partial charge in [-0.05, 0) is 31.0 Å². The van der Waals surface area contributed by atoms with Gasteiger partial charge in [0.2, 0.25) is 5.91 Å². The van der Waals surface area contributed by atoms with Gasteiger partial charge >= 0.3 is 0 Å². The van der Waals surface area contributed by atoms with Gasteiger partial charge in [0.1, 0.15) is 6.23 Å². The lowest BCUT2D eigenvalue weighted by Gasteiger charge is -2.19. The number of nitrogens with two attached hydrogens (primary N) is 1. The van der Waals surface area contributed by atoms with Gasteiger partial charge < -0.3 is 10.8 Å². The zero-order valence-corrected chi connectivity index (χ0v) is 10.8. The molecule has 0 heterocycles. The average Bonchev–Trinajstić information content (AvgIpc) is 2.25. The van der Waals surface area contributed by atoms with Crippen molar-refractivity contribution < 1.29 is 9.90 Å². The predicted octanol–water partition coefficient (Wildman–Crippen LogP) is 1.59. The van der Waals surface area contributed by atoms with Crippen LogP contribution in [-0.2, 0) is 0 Å². The fourth-order valence-electron chi connectivity index (χ4n) is 1.62. The highest BCUT2D eigenvalue weighted by molar-refractivity contribution is 5.92. The topological polar surface area (TPSA) is 75.3 Å². The Morgan fingerprint density at radius 2 is 1.94 bits per heavy atom. The van der Waals surface area contributed by atoms with Gasteiger partial charge in [0.25, 0.3) is 0 Å². The molecule has 17 heavy (non-hydrogen) atoms. The zero-order valence-electron chi connectivity index (χ0n) is 10.0. The van der Waals surface area contributed by atoms with Crippen LogP contribution in [-0.4, -0.2) is 17.2 Å². The summed E-state index contributed by atoms with van der Waals surface area (Å²) >= 11 is 0. The Labute approximate surface area is 108 Å². The van der Waals surface area contributed by atoms with Crippen LogP contribution in [0.1, 0.15) is 42.2 Å². The summed E-state index contributed by atoms with van der Waals surface area (Å²) in [5, 5.41) is 12.3. The largest absolute Gasteiger partial charge is 0.379 e. The van der Waals surface area contributed by atoms with Gasteiger partial charge in [0, 0.05) is 11.6 Å². The molecule has 0 radical (unpaired) electrons. The Hall–Kier alpha value is -1.10. The number of halogens is 1. The molecular weight excluding hydrogens is 240 g/mol. The smallest absolute Gasteiger partial charge is 0.248 e. The summed E-state index contributed by atoms with van der Waals surface area (Å²) in [6, 6.07) is 7.18. The molecule has 2 atom stereocenters. The number of hydrogen-bond acceptors (Lipinski definition) is 3. The number of hydrogen-bond donors (Lipinski definition) is 3. The number of carbonyl (C=O) groups is 1. The summed E-state index contributed by atoms with van der Waals surface area (Å²) in [6.07, 6.45) is 0.307. The molecule has 0 fully saturated rings. The number of nitrogens with one attached hydrogen (secondary N) is 1. The highest BCUT2D eigenvalue weighted by Gasteiger charge is 2.11. The number of carbonyl (C=O) groups excluding carboxylic acids is 1. The van der Waals surface area contributed by atoms with Crippen molar-refractivity contribution in [1.29, 1.82) is 0 Å². The fourth-order valence-corrected chi connectivity index (χ4v) is 1.62. The summed E-state index contributed by atoms with van der Waals surface area (Å²) < 4.78 is 0. The second kappa shape index (κ2) is 7.27. The number of aliphatic hydroxyl groups is 1. The van der Waals surface area contributed by atoms with Crippen LogP contribution >= 0.6 is 12.4 Å². The molecule has 4 N–H and O–H groups in total. The molecular formula is C12H19ClN2O2. The molecule has 1 aromatic carbocycles. The first-order valence-corrected chi connectivity index (χ1v) is 5.38. The molecule has 0 spiro atoms. The van der Waals surface area contributed by atoms with E-state index >= 15 is 0 Å². The molecule has 1 aromatic rings. The standard InChI is InChI=1S/C12H18N2O2.ClH/c1-3-11(14-8(2)15)9-4-6-10(7-5-9)12(13)16;/h4-8,11,14-15H,3H2,1-2H3,(H2,13,16);1H. The van der Waals surface area contributed by atoms with Gasteiger partial charge in [-0.2, -0.15) is 0 Å². The summed E-state index contributed by atoms with van der Waals surface area (Å²) in [7, 11) is 0. The molecule has 4 nitrogen and oxygen atoms in total. The van der Waals surface area contributed by atoms with Crippen LogP contribution in [0, 0.1) is 0 Å². The first kappa shape index (κ1) is 15.9. The SMILES string of the molecule is CCC(NC(C)O)c1ccc(C(N)=O)cc1.Cl. The monoisotopic (exact) mass is 258 g/mol. The van der Waals surface area contributed by atoms with Crippen LogP contribution < -0.4 is 11.1 Å². The molecule has 1 amide bonds. The highest BCUT2D eigenvalue weighted by Crippen LogP contribution is 2.17. The quantitative estimate of drug-likeness (QED) is 0.702. The molecule has 0 aliphatic carbocycles. The van der Waals surface area contributed by atoms with Crippen molar-refractivity contribution >= 4 is 18.3 Å². The Bertz CT molecular complexity index is 352. The molecule has 0 saturated heterocycles. The minimum absolute atomic E-state index is 0. The summed E-state index contributed by atoms with van der Waals surface area (Å²) in [5.74, 6) is -0.428. The van der Waals surface area contributed by atoms with Crippen molar-refractivity contribution in [2.75, 3.05) is 0 Å². The number of rotatable bonds is 5. The molecule has 1 rings (SSSR count). The number of benzene rings is 1. The van der Waals surface area contributed by atoms with E-state index in [4.69, 9.17) is 5.73 Å². The van der Waals surface area contributed by atoms with Crippen LogP contribution in [0.5, 0.6) is 0 Å². The number of primary amides is 1. The van der Waals surface area contributed by atoms with Gasteiger partial charge in [0.05, 0.1) is 0 Å². The van der Waals surface area contributed by atoms with Crippen LogP contribution in [0.3, 0.4) is 0 Å². The Kier molecular flexibility index (Phi) is 6.80. The summed E-state index contributed by atoms with van der Waals surface area (Å²) in [4.78, 5) is 10.9. The van der Waals surface area contributed by atoms with E-state index in [1.54, 1.807) is 19.1 Å². The fraction of sp³-hybridized carbons (Fsp3) is 0.417. The van der Waals surface area contributed by atoms with Crippen LogP contribution in [0.4, 0.5) is 0 Å². The lowest BCUT2D eigenvalue weighted by Crippen LogP contribution is -2.29. The lowest BCUT2D eigenvalue weighted by atomic mass is 10.0. The van der Waals surface area contributed by atoms with Crippen molar-refractivity contribution in [3.05, 3.63) is 35.4 Å². The zero-order chi connectivity index (χ0) is 12.1. The molecule has 0 saturated carbocycles. The van der Waals surface area contributed by atoms with Crippen LogP contribution in [0.25, 0.3) is 0 Å². The lowest BCUT2D eigenvalue weighted by molar-refractivity contribution is 0.1000. The van der Waals surface area contributed by atoms with E-state index in [-0.39, 0.29) is 18.4 Å². The first-order chi connectivity index (χ1) is 7.54. The van der Waals surface area contributed by atoms with E-state index in [0.29, 0.717) is 5.56 Å². The highest BCUT2D eigenvalue weighted by atomic mass is 35.5. The molecule has 5 heteroatoms. The van der Waals surface area contributed by atoms with Crippen LogP contribution in [0.2, 0.25) is 0 Å². The third-order valence-electron chi connectivity index (χ3n) is 2.45. The minimum Gasteiger partial charge on any atom is -0.379 e. The Morgan fingerprint density at radius 3 is 2.29 bits per heavy atom. The van der Waals surface area contributed by atoms with Crippen molar-refractivity contribution in [3.63, 3.8) is 0 Å². The molecule has 2 unspecified atom stereocenters. The van der Waals surface area contributed by atoms with Gasteiger partial charge in [-0.3, -0.25) is 10.1 Å². The second-order valence-electron chi connectivity index (χ2n) is 3.79. The van der Waals surface area contributed by atoms with Crippen molar-refractivity contribution in [2.45, 2.75) is 32.5 Å². The third kappa shape index (κ3) is 4.73. The average molecular weight is 259 g/mol.